The van der Waals surface area contributed by atoms with Crippen molar-refractivity contribution in [3.8, 4) is 5.75 Å². The van der Waals surface area contributed by atoms with E-state index in [1.165, 1.54) is 31.5 Å². The number of likely N-dealkylation sites (tertiary alicyclic amines) is 1. The molecular formula is C22H38INO2. The van der Waals surface area contributed by atoms with E-state index in [9.17, 15) is 5.11 Å². The Kier molecular flexibility index (Phi) is 8.43. The number of benzene rings is 1. The molecule has 0 amide bonds. The molecule has 0 aromatic heterocycles. The number of rotatable bonds is 7. The number of quaternary nitrogens is 1. The number of hydrogen-bond acceptors (Lipinski definition) is 2. The third-order valence-corrected chi connectivity index (χ3v) is 5.35. The maximum atomic E-state index is 10.3. The van der Waals surface area contributed by atoms with Crippen molar-refractivity contribution < 1.29 is 38.3 Å². The molecule has 26 heavy (non-hydrogen) atoms. The predicted molar refractivity (Wildman–Crippen MR) is 105 cm³/mol. The van der Waals surface area contributed by atoms with Gasteiger partial charge in [-0.25, -0.2) is 0 Å². The van der Waals surface area contributed by atoms with Crippen LogP contribution in [0.1, 0.15) is 59.4 Å². The van der Waals surface area contributed by atoms with E-state index in [0.717, 1.165) is 23.2 Å². The van der Waals surface area contributed by atoms with Crippen molar-refractivity contribution in [1.29, 1.82) is 0 Å². The molecule has 3 nitrogen and oxygen atoms in total. The van der Waals surface area contributed by atoms with Crippen molar-refractivity contribution in [3.63, 3.8) is 0 Å². The molecule has 1 unspecified atom stereocenters. The minimum atomic E-state index is -0.403. The Balaban J connectivity index is 0.00000338. The lowest BCUT2D eigenvalue weighted by molar-refractivity contribution is -0.900. The summed E-state index contributed by atoms with van der Waals surface area (Å²) in [5, 5.41) is 10.3. The molecule has 1 saturated heterocycles. The highest BCUT2D eigenvalue weighted by Crippen LogP contribution is 2.36. The Bertz CT molecular complexity index is 542. The monoisotopic (exact) mass is 475 g/mol. The summed E-state index contributed by atoms with van der Waals surface area (Å²) in [5.41, 5.74) is 1.79. The highest BCUT2D eigenvalue weighted by Gasteiger charge is 2.30. The van der Waals surface area contributed by atoms with E-state index in [4.69, 9.17) is 4.74 Å². The van der Waals surface area contributed by atoms with E-state index in [2.05, 4.69) is 53.8 Å². The van der Waals surface area contributed by atoms with Gasteiger partial charge in [-0.2, -0.15) is 0 Å². The van der Waals surface area contributed by atoms with E-state index < -0.39 is 6.10 Å². The highest BCUT2D eigenvalue weighted by molar-refractivity contribution is 5.31. The number of aliphatic hydroxyl groups excluding tert-OH is 1. The number of aliphatic hydroxyl groups is 1. The predicted octanol–water partition coefficient (Wildman–Crippen LogP) is 1.38. The molecule has 0 saturated carbocycles. The lowest BCUT2D eigenvalue weighted by atomic mass is 9.72. The molecular weight excluding hydrogens is 437 g/mol. The van der Waals surface area contributed by atoms with Crippen LogP contribution in [0.3, 0.4) is 0 Å². The quantitative estimate of drug-likeness (QED) is 0.477. The number of nitrogens with zero attached hydrogens (tertiary/aromatic N) is 1. The van der Waals surface area contributed by atoms with Gasteiger partial charge in [-0.3, -0.25) is 0 Å². The lowest BCUT2D eigenvalue weighted by Gasteiger charge is -2.33. The molecule has 1 heterocycles. The number of hydrogen-bond donors (Lipinski definition) is 1. The summed E-state index contributed by atoms with van der Waals surface area (Å²) >= 11 is 0. The van der Waals surface area contributed by atoms with E-state index in [0.29, 0.717) is 12.0 Å². The molecule has 1 aromatic rings. The van der Waals surface area contributed by atoms with Gasteiger partial charge in [-0.05, 0) is 34.9 Å². The standard InChI is InChI=1S/C22H38NO2.HI/c1-21(2,3)17-22(4,5)18-9-11-20(12-10-18)25-16-19(24)15-23(6)13-7-8-14-23;/h9-12,19,24H,7-8,13-17H2,1-6H3;1H/q+1;/p-1. The van der Waals surface area contributed by atoms with Crippen molar-refractivity contribution in [2.45, 2.75) is 65.4 Å². The average molecular weight is 475 g/mol. The minimum absolute atomic E-state index is 0. The summed E-state index contributed by atoms with van der Waals surface area (Å²) in [5.74, 6) is 0.846. The van der Waals surface area contributed by atoms with Gasteiger partial charge in [0.25, 0.3) is 0 Å². The number of halogens is 1. The molecule has 2 rings (SSSR count). The van der Waals surface area contributed by atoms with Crippen molar-refractivity contribution in [2.75, 3.05) is 33.3 Å². The van der Waals surface area contributed by atoms with E-state index in [-0.39, 0.29) is 29.4 Å². The summed E-state index contributed by atoms with van der Waals surface area (Å²) in [4.78, 5) is 0. The summed E-state index contributed by atoms with van der Waals surface area (Å²) < 4.78 is 6.81. The van der Waals surface area contributed by atoms with Crippen LogP contribution in [0.5, 0.6) is 5.75 Å². The van der Waals surface area contributed by atoms with Crippen LogP contribution >= 0.6 is 0 Å². The Morgan fingerprint density at radius 1 is 1.04 bits per heavy atom. The average Bonchev–Trinajstić information content (AvgIpc) is 2.89. The topological polar surface area (TPSA) is 29.5 Å². The van der Waals surface area contributed by atoms with E-state index >= 15 is 0 Å². The van der Waals surface area contributed by atoms with E-state index in [1.54, 1.807) is 0 Å². The summed E-state index contributed by atoms with van der Waals surface area (Å²) in [7, 11) is 2.24. The van der Waals surface area contributed by atoms with Crippen LogP contribution < -0.4 is 28.7 Å². The molecule has 4 heteroatoms. The first kappa shape index (κ1) is 23.7. The molecule has 0 bridgehead atoms. The van der Waals surface area contributed by atoms with Gasteiger partial charge in [0.2, 0.25) is 0 Å². The molecule has 1 fully saturated rings. The van der Waals surface area contributed by atoms with Crippen LogP contribution in [0.15, 0.2) is 24.3 Å². The van der Waals surface area contributed by atoms with Crippen molar-refractivity contribution >= 4 is 0 Å². The Morgan fingerprint density at radius 3 is 2.08 bits per heavy atom. The first-order valence-corrected chi connectivity index (χ1v) is 9.74. The molecule has 0 radical (unpaired) electrons. The van der Waals surface area contributed by atoms with Gasteiger partial charge < -0.3 is 38.3 Å². The van der Waals surface area contributed by atoms with Crippen molar-refractivity contribution in [1.82, 2.24) is 0 Å². The maximum Gasteiger partial charge on any atom is 0.137 e. The number of likely N-dealkylation sites (N-methyl/N-ethyl adjacent to an activating group) is 1. The first-order chi connectivity index (χ1) is 11.5. The van der Waals surface area contributed by atoms with Gasteiger partial charge in [0.05, 0.1) is 20.1 Å². The molecule has 0 aliphatic carbocycles. The largest absolute Gasteiger partial charge is 1.00 e. The molecule has 1 aromatic carbocycles. The fourth-order valence-corrected chi connectivity index (χ4v) is 4.47. The van der Waals surface area contributed by atoms with Crippen LogP contribution in [-0.2, 0) is 5.41 Å². The SMILES string of the molecule is CC(C)(C)CC(C)(C)c1ccc(OCC(O)C[N+]2(C)CCCC2)cc1.[I-]. The fourth-order valence-electron chi connectivity index (χ4n) is 4.47. The van der Waals surface area contributed by atoms with Gasteiger partial charge in [-0.15, -0.1) is 0 Å². The van der Waals surface area contributed by atoms with E-state index in [1.807, 2.05) is 12.1 Å². The molecule has 0 spiro atoms. The van der Waals surface area contributed by atoms with Gasteiger partial charge in [0.1, 0.15) is 25.0 Å². The molecule has 1 aliphatic heterocycles. The minimum Gasteiger partial charge on any atom is -1.00 e. The van der Waals surface area contributed by atoms with Crippen LogP contribution in [0, 0.1) is 5.41 Å². The second-order valence-electron chi connectivity index (χ2n) is 10.1. The lowest BCUT2D eigenvalue weighted by Crippen LogP contribution is -3.00. The summed E-state index contributed by atoms with van der Waals surface area (Å²) in [6, 6.07) is 8.42. The van der Waals surface area contributed by atoms with Crippen molar-refractivity contribution in [3.05, 3.63) is 29.8 Å². The van der Waals surface area contributed by atoms with Gasteiger partial charge in [0, 0.05) is 12.8 Å². The zero-order valence-corrected chi connectivity index (χ0v) is 19.7. The third-order valence-electron chi connectivity index (χ3n) is 5.35. The van der Waals surface area contributed by atoms with Gasteiger partial charge in [-0.1, -0.05) is 46.8 Å². The van der Waals surface area contributed by atoms with Gasteiger partial charge in [0.15, 0.2) is 0 Å². The first-order valence-electron chi connectivity index (χ1n) is 9.74. The Hall–Kier alpha value is -0.330. The summed E-state index contributed by atoms with van der Waals surface area (Å²) in [6.45, 7) is 15.0. The van der Waals surface area contributed by atoms with Crippen LogP contribution in [0.4, 0.5) is 0 Å². The summed E-state index contributed by atoms with van der Waals surface area (Å²) in [6.07, 6.45) is 3.28. The molecule has 150 valence electrons. The zero-order valence-electron chi connectivity index (χ0n) is 17.5. The smallest absolute Gasteiger partial charge is 0.137 e. The van der Waals surface area contributed by atoms with Crippen LogP contribution in [0.25, 0.3) is 0 Å². The number of ether oxygens (including phenoxy) is 1. The Morgan fingerprint density at radius 2 is 1.58 bits per heavy atom. The molecule has 1 atom stereocenters. The van der Waals surface area contributed by atoms with Gasteiger partial charge >= 0.3 is 0 Å². The molecule has 1 N–H and O–H groups in total. The highest BCUT2D eigenvalue weighted by atomic mass is 127. The zero-order chi connectivity index (χ0) is 18.7. The third kappa shape index (κ3) is 7.35. The van der Waals surface area contributed by atoms with Crippen LogP contribution in [0.2, 0.25) is 0 Å². The second kappa shape index (κ2) is 9.24. The normalized spacial score (nSPS) is 18.3. The molecule has 1 aliphatic rings. The maximum absolute atomic E-state index is 10.3. The Labute approximate surface area is 177 Å². The van der Waals surface area contributed by atoms with Crippen LogP contribution in [-0.4, -0.2) is 49.0 Å². The fraction of sp³-hybridized carbons (Fsp3) is 0.727. The second-order valence-corrected chi connectivity index (χ2v) is 10.1. The van der Waals surface area contributed by atoms with Crippen molar-refractivity contribution in [2.24, 2.45) is 5.41 Å².